The summed E-state index contributed by atoms with van der Waals surface area (Å²) in [5.41, 5.74) is 5.80. The molecule has 0 aromatic rings. The van der Waals surface area contributed by atoms with Gasteiger partial charge in [-0.1, -0.05) is 26.2 Å². The first-order valence-corrected chi connectivity index (χ1v) is 6.85. The van der Waals surface area contributed by atoms with Gasteiger partial charge in [0.2, 0.25) is 5.91 Å². The molecule has 1 fully saturated rings. The van der Waals surface area contributed by atoms with Crippen LogP contribution in [0.3, 0.4) is 0 Å². The molecule has 1 aliphatic rings. The average molecular weight is 242 g/mol. The number of unbranched alkanes of at least 4 members (excludes halogenated alkanes) is 1. The molecule has 4 nitrogen and oxygen atoms in total. The van der Waals surface area contributed by atoms with Crippen LogP contribution in [0.1, 0.15) is 45.4 Å². The van der Waals surface area contributed by atoms with E-state index in [1.807, 2.05) is 0 Å². The fourth-order valence-corrected chi connectivity index (χ4v) is 1.69. The molecular formula is C13H26N2O2. The highest BCUT2D eigenvalue weighted by atomic mass is 16.5. The summed E-state index contributed by atoms with van der Waals surface area (Å²) in [6.45, 7) is 4.36. The molecule has 17 heavy (non-hydrogen) atoms. The molecule has 0 spiro atoms. The number of nitrogens with two attached hydrogens (primary N) is 1. The van der Waals surface area contributed by atoms with E-state index in [0.29, 0.717) is 12.5 Å². The standard InChI is InChI=1S/C13H26N2O2/c1-2-3-8-17-9-4-7-15-13(16)12(14)10-11-5-6-11/h11-12H,2-10,14H2,1H3,(H,15,16)/t12-/m0/s1. The molecule has 1 rings (SSSR count). The van der Waals surface area contributed by atoms with E-state index in [-0.39, 0.29) is 11.9 Å². The van der Waals surface area contributed by atoms with Crippen LogP contribution in [-0.2, 0) is 9.53 Å². The molecule has 1 saturated carbocycles. The molecule has 0 aromatic heterocycles. The predicted molar refractivity (Wildman–Crippen MR) is 68.7 cm³/mol. The fourth-order valence-electron chi connectivity index (χ4n) is 1.69. The minimum atomic E-state index is -0.316. The summed E-state index contributed by atoms with van der Waals surface area (Å²) in [6.07, 6.45) is 6.47. The van der Waals surface area contributed by atoms with Gasteiger partial charge in [0.1, 0.15) is 0 Å². The highest BCUT2D eigenvalue weighted by Crippen LogP contribution is 2.33. The van der Waals surface area contributed by atoms with Crippen molar-refractivity contribution in [3.05, 3.63) is 0 Å². The van der Waals surface area contributed by atoms with E-state index in [1.54, 1.807) is 0 Å². The third kappa shape index (κ3) is 7.34. The van der Waals surface area contributed by atoms with Gasteiger partial charge in [0.05, 0.1) is 6.04 Å². The zero-order chi connectivity index (χ0) is 12.5. The number of amides is 1. The molecule has 1 aliphatic carbocycles. The Bertz CT molecular complexity index is 217. The van der Waals surface area contributed by atoms with Crippen molar-refractivity contribution >= 4 is 5.91 Å². The molecule has 0 aromatic carbocycles. The first-order valence-electron chi connectivity index (χ1n) is 6.85. The molecule has 100 valence electrons. The number of nitrogens with one attached hydrogen (secondary N) is 1. The second kappa shape index (κ2) is 8.48. The second-order valence-corrected chi connectivity index (χ2v) is 4.90. The van der Waals surface area contributed by atoms with Crippen molar-refractivity contribution in [1.82, 2.24) is 5.32 Å². The van der Waals surface area contributed by atoms with Crippen molar-refractivity contribution in [1.29, 1.82) is 0 Å². The molecule has 0 heterocycles. The van der Waals surface area contributed by atoms with Gasteiger partial charge in [-0.3, -0.25) is 4.79 Å². The quantitative estimate of drug-likeness (QED) is 0.570. The van der Waals surface area contributed by atoms with Crippen molar-refractivity contribution < 1.29 is 9.53 Å². The third-order valence-corrected chi connectivity index (χ3v) is 3.03. The van der Waals surface area contributed by atoms with Gasteiger partial charge in [-0.2, -0.15) is 0 Å². The number of ether oxygens (including phenoxy) is 1. The summed E-state index contributed by atoms with van der Waals surface area (Å²) in [4.78, 5) is 11.6. The lowest BCUT2D eigenvalue weighted by Gasteiger charge is -2.11. The molecule has 1 amide bonds. The maximum absolute atomic E-state index is 11.6. The minimum absolute atomic E-state index is 0.00884. The molecule has 0 radical (unpaired) electrons. The summed E-state index contributed by atoms with van der Waals surface area (Å²) in [6, 6.07) is -0.316. The average Bonchev–Trinajstić information content (AvgIpc) is 3.11. The zero-order valence-electron chi connectivity index (χ0n) is 10.9. The molecular weight excluding hydrogens is 216 g/mol. The Morgan fingerprint density at radius 1 is 1.41 bits per heavy atom. The van der Waals surface area contributed by atoms with Crippen LogP contribution in [0.5, 0.6) is 0 Å². The summed E-state index contributed by atoms with van der Waals surface area (Å²) in [5, 5.41) is 2.86. The van der Waals surface area contributed by atoms with Crippen molar-refractivity contribution in [2.75, 3.05) is 19.8 Å². The van der Waals surface area contributed by atoms with Crippen LogP contribution in [0.2, 0.25) is 0 Å². The largest absolute Gasteiger partial charge is 0.381 e. The van der Waals surface area contributed by atoms with Crippen LogP contribution in [0, 0.1) is 5.92 Å². The lowest BCUT2D eigenvalue weighted by atomic mass is 10.1. The van der Waals surface area contributed by atoms with Gasteiger partial charge in [0, 0.05) is 19.8 Å². The third-order valence-electron chi connectivity index (χ3n) is 3.03. The zero-order valence-corrected chi connectivity index (χ0v) is 10.9. The number of rotatable bonds is 10. The van der Waals surface area contributed by atoms with E-state index in [4.69, 9.17) is 10.5 Å². The van der Waals surface area contributed by atoms with E-state index in [2.05, 4.69) is 12.2 Å². The monoisotopic (exact) mass is 242 g/mol. The molecule has 4 heteroatoms. The summed E-state index contributed by atoms with van der Waals surface area (Å²) in [5.74, 6) is 0.693. The molecule has 3 N–H and O–H groups in total. The van der Waals surface area contributed by atoms with E-state index >= 15 is 0 Å². The molecule has 0 bridgehead atoms. The smallest absolute Gasteiger partial charge is 0.236 e. The van der Waals surface area contributed by atoms with Crippen LogP contribution in [-0.4, -0.2) is 31.7 Å². The maximum Gasteiger partial charge on any atom is 0.236 e. The predicted octanol–water partition coefficient (Wildman–Crippen LogP) is 1.44. The van der Waals surface area contributed by atoms with Crippen LogP contribution in [0.4, 0.5) is 0 Å². The van der Waals surface area contributed by atoms with E-state index in [0.717, 1.165) is 38.9 Å². The van der Waals surface area contributed by atoms with Gasteiger partial charge in [-0.15, -0.1) is 0 Å². The number of carbonyl (C=O) groups is 1. The van der Waals surface area contributed by atoms with Crippen molar-refractivity contribution in [2.45, 2.75) is 51.5 Å². The molecule has 0 unspecified atom stereocenters. The number of hydrogen-bond acceptors (Lipinski definition) is 3. The van der Waals surface area contributed by atoms with Gasteiger partial charge in [-0.05, 0) is 25.2 Å². The Hall–Kier alpha value is -0.610. The van der Waals surface area contributed by atoms with Crippen molar-refractivity contribution in [3.63, 3.8) is 0 Å². The Balaban J connectivity index is 1.88. The maximum atomic E-state index is 11.6. The molecule has 1 atom stereocenters. The van der Waals surface area contributed by atoms with Gasteiger partial charge < -0.3 is 15.8 Å². The SMILES string of the molecule is CCCCOCCCNC(=O)[C@@H](N)CC1CC1. The molecule has 0 aliphatic heterocycles. The highest BCUT2D eigenvalue weighted by Gasteiger charge is 2.26. The Morgan fingerprint density at radius 3 is 2.76 bits per heavy atom. The second-order valence-electron chi connectivity index (χ2n) is 4.90. The van der Waals surface area contributed by atoms with Crippen LogP contribution in [0.15, 0.2) is 0 Å². The first-order chi connectivity index (χ1) is 8.24. The lowest BCUT2D eigenvalue weighted by Crippen LogP contribution is -2.41. The lowest BCUT2D eigenvalue weighted by molar-refractivity contribution is -0.122. The Labute approximate surface area is 104 Å². The first kappa shape index (κ1) is 14.5. The van der Waals surface area contributed by atoms with Gasteiger partial charge in [0.15, 0.2) is 0 Å². The topological polar surface area (TPSA) is 64.3 Å². The molecule has 0 saturated heterocycles. The normalized spacial score (nSPS) is 16.8. The van der Waals surface area contributed by atoms with Crippen molar-refractivity contribution in [2.24, 2.45) is 11.7 Å². The van der Waals surface area contributed by atoms with E-state index in [9.17, 15) is 4.79 Å². The minimum Gasteiger partial charge on any atom is -0.381 e. The van der Waals surface area contributed by atoms with Gasteiger partial charge in [0.25, 0.3) is 0 Å². The Morgan fingerprint density at radius 2 is 2.12 bits per heavy atom. The summed E-state index contributed by atoms with van der Waals surface area (Å²) >= 11 is 0. The van der Waals surface area contributed by atoms with E-state index < -0.39 is 0 Å². The van der Waals surface area contributed by atoms with Crippen LogP contribution in [0.25, 0.3) is 0 Å². The van der Waals surface area contributed by atoms with Gasteiger partial charge >= 0.3 is 0 Å². The van der Waals surface area contributed by atoms with Crippen LogP contribution < -0.4 is 11.1 Å². The summed E-state index contributed by atoms with van der Waals surface area (Å²) in [7, 11) is 0. The Kier molecular flexibility index (Phi) is 7.21. The van der Waals surface area contributed by atoms with Crippen molar-refractivity contribution in [3.8, 4) is 0 Å². The van der Waals surface area contributed by atoms with E-state index in [1.165, 1.54) is 12.8 Å². The summed E-state index contributed by atoms with van der Waals surface area (Å²) < 4.78 is 5.41. The number of carbonyl (C=O) groups excluding carboxylic acids is 1. The number of hydrogen-bond donors (Lipinski definition) is 2. The van der Waals surface area contributed by atoms with Crippen LogP contribution >= 0.6 is 0 Å². The highest BCUT2D eigenvalue weighted by molar-refractivity contribution is 5.81. The fraction of sp³-hybridized carbons (Fsp3) is 0.923. The van der Waals surface area contributed by atoms with Gasteiger partial charge in [-0.25, -0.2) is 0 Å².